The number of hydrogen-bond donors (Lipinski definition) is 1. The van der Waals surface area contributed by atoms with Gasteiger partial charge in [-0.25, -0.2) is 0 Å². The lowest BCUT2D eigenvalue weighted by molar-refractivity contribution is -0.239. The number of fused-ring (bicyclic) bond motifs is 7. The molecule has 0 radical (unpaired) electrons. The van der Waals surface area contributed by atoms with Gasteiger partial charge in [-0.2, -0.15) is 0 Å². The molecule has 5 aliphatic rings. The van der Waals surface area contributed by atoms with Crippen molar-refractivity contribution in [3.05, 3.63) is 11.1 Å². The van der Waals surface area contributed by atoms with E-state index < -0.39 is 0 Å². The van der Waals surface area contributed by atoms with E-state index in [0.717, 1.165) is 24.2 Å². The molecule has 4 unspecified atom stereocenters. The first-order valence-electron chi connectivity index (χ1n) is 13.7. The van der Waals surface area contributed by atoms with Gasteiger partial charge in [0, 0.05) is 0 Å². The molecule has 4 fully saturated rings. The standard InChI is InChI=1S/C30H50O/c1-19(2)20-11-15-27(5)21(20)12-17-29(7)23(27)9-10-24-28(6)16-14-25(31)26(3,4)22(28)13-18-30(24,29)8/h19,22-25,31H,9-18H2,1-8H3/t22?,23?,24?,25?,27-,28-,29+,30+/m0/s1. The molecular formula is C30H50O. The quantitative estimate of drug-likeness (QED) is 0.419. The molecule has 5 rings (SSSR count). The predicted octanol–water partition coefficient (Wildman–Crippen LogP) is 8.17. The Morgan fingerprint density at radius 1 is 0.710 bits per heavy atom. The summed E-state index contributed by atoms with van der Waals surface area (Å²) in [6, 6.07) is 0. The van der Waals surface area contributed by atoms with E-state index in [2.05, 4.69) is 55.4 Å². The highest BCUT2D eigenvalue weighted by Crippen LogP contribution is 2.77. The van der Waals surface area contributed by atoms with Crippen molar-refractivity contribution in [3.8, 4) is 0 Å². The fourth-order valence-electron chi connectivity index (χ4n) is 11.3. The lowest BCUT2D eigenvalue weighted by Gasteiger charge is -2.73. The molecular weight excluding hydrogens is 376 g/mol. The highest BCUT2D eigenvalue weighted by molar-refractivity contribution is 5.35. The van der Waals surface area contributed by atoms with Crippen molar-refractivity contribution in [1.29, 1.82) is 0 Å². The summed E-state index contributed by atoms with van der Waals surface area (Å²) >= 11 is 0. The Bertz CT molecular complexity index is 790. The zero-order valence-corrected chi connectivity index (χ0v) is 21.9. The fraction of sp³-hybridized carbons (Fsp3) is 0.933. The van der Waals surface area contributed by atoms with Crippen LogP contribution in [0.1, 0.15) is 120 Å². The molecule has 0 saturated heterocycles. The number of aliphatic hydroxyl groups excluding tert-OH is 1. The molecule has 1 heteroatoms. The van der Waals surface area contributed by atoms with E-state index in [4.69, 9.17) is 0 Å². The Kier molecular flexibility index (Phi) is 4.82. The first kappa shape index (κ1) is 22.5. The second-order valence-corrected chi connectivity index (χ2v) is 14.6. The molecule has 4 saturated carbocycles. The summed E-state index contributed by atoms with van der Waals surface area (Å²) in [5, 5.41) is 10.9. The Balaban J connectivity index is 1.55. The van der Waals surface area contributed by atoms with Gasteiger partial charge in [-0.1, -0.05) is 66.5 Å². The van der Waals surface area contributed by atoms with Gasteiger partial charge in [0.15, 0.2) is 0 Å². The summed E-state index contributed by atoms with van der Waals surface area (Å²) in [6.45, 7) is 20.4. The normalized spacial score (nSPS) is 53.6. The molecule has 0 spiro atoms. The minimum atomic E-state index is -0.115. The maximum Gasteiger partial charge on any atom is 0.0594 e. The van der Waals surface area contributed by atoms with Crippen LogP contribution in [-0.4, -0.2) is 11.2 Å². The molecule has 0 amide bonds. The summed E-state index contributed by atoms with van der Waals surface area (Å²) in [6.07, 6.45) is 13.3. The average molecular weight is 427 g/mol. The summed E-state index contributed by atoms with van der Waals surface area (Å²) in [7, 11) is 0. The van der Waals surface area contributed by atoms with Gasteiger partial charge in [0.2, 0.25) is 0 Å². The van der Waals surface area contributed by atoms with Gasteiger partial charge in [0.1, 0.15) is 0 Å². The van der Waals surface area contributed by atoms with Crippen LogP contribution in [0.4, 0.5) is 0 Å². The van der Waals surface area contributed by atoms with Crippen molar-refractivity contribution in [3.63, 3.8) is 0 Å². The molecule has 0 aromatic carbocycles. The van der Waals surface area contributed by atoms with Crippen molar-refractivity contribution >= 4 is 0 Å². The second kappa shape index (κ2) is 6.64. The van der Waals surface area contributed by atoms with Crippen molar-refractivity contribution in [2.75, 3.05) is 0 Å². The van der Waals surface area contributed by atoms with Crippen LogP contribution in [-0.2, 0) is 0 Å². The highest BCUT2D eigenvalue weighted by Gasteiger charge is 2.69. The lowest BCUT2D eigenvalue weighted by atomic mass is 9.32. The van der Waals surface area contributed by atoms with Crippen LogP contribution in [0.3, 0.4) is 0 Å². The van der Waals surface area contributed by atoms with Crippen LogP contribution in [0.5, 0.6) is 0 Å². The van der Waals surface area contributed by atoms with Crippen molar-refractivity contribution in [2.24, 2.45) is 50.7 Å². The topological polar surface area (TPSA) is 20.2 Å². The summed E-state index contributed by atoms with van der Waals surface area (Å²) in [5.41, 5.74) is 5.57. The minimum Gasteiger partial charge on any atom is -0.393 e. The summed E-state index contributed by atoms with van der Waals surface area (Å²) in [4.78, 5) is 0. The Labute approximate surface area is 192 Å². The van der Waals surface area contributed by atoms with Crippen molar-refractivity contribution in [1.82, 2.24) is 0 Å². The summed E-state index contributed by atoms with van der Waals surface area (Å²) in [5.74, 6) is 3.10. The smallest absolute Gasteiger partial charge is 0.0594 e. The molecule has 1 nitrogen and oxygen atoms in total. The van der Waals surface area contributed by atoms with Gasteiger partial charge >= 0.3 is 0 Å². The number of aliphatic hydroxyl groups is 1. The average Bonchev–Trinajstić information content (AvgIpc) is 3.03. The van der Waals surface area contributed by atoms with Gasteiger partial charge < -0.3 is 5.11 Å². The molecule has 0 aliphatic heterocycles. The second-order valence-electron chi connectivity index (χ2n) is 14.6. The molecule has 0 heterocycles. The number of allylic oxidation sites excluding steroid dienone is 2. The molecule has 8 atom stereocenters. The van der Waals surface area contributed by atoms with Crippen LogP contribution in [0.15, 0.2) is 11.1 Å². The van der Waals surface area contributed by atoms with E-state index in [9.17, 15) is 5.11 Å². The van der Waals surface area contributed by atoms with Gasteiger partial charge in [-0.3, -0.25) is 0 Å². The first-order chi connectivity index (χ1) is 14.3. The molecule has 5 aliphatic carbocycles. The molecule has 31 heavy (non-hydrogen) atoms. The maximum atomic E-state index is 10.9. The van der Waals surface area contributed by atoms with E-state index >= 15 is 0 Å². The minimum absolute atomic E-state index is 0.0676. The Morgan fingerprint density at radius 2 is 1.35 bits per heavy atom. The van der Waals surface area contributed by atoms with E-state index in [1.54, 1.807) is 0 Å². The zero-order chi connectivity index (χ0) is 22.6. The predicted molar refractivity (Wildman–Crippen MR) is 131 cm³/mol. The third-order valence-corrected chi connectivity index (χ3v) is 13.2. The van der Waals surface area contributed by atoms with Gasteiger partial charge in [0.05, 0.1) is 6.10 Å². The monoisotopic (exact) mass is 426 g/mol. The van der Waals surface area contributed by atoms with Gasteiger partial charge in [-0.15, -0.1) is 0 Å². The number of hydrogen-bond acceptors (Lipinski definition) is 1. The molecule has 0 bridgehead atoms. The van der Waals surface area contributed by atoms with E-state index in [0.29, 0.717) is 27.6 Å². The third kappa shape index (κ3) is 2.60. The van der Waals surface area contributed by atoms with Crippen LogP contribution in [0.25, 0.3) is 0 Å². The van der Waals surface area contributed by atoms with Crippen molar-refractivity contribution < 1.29 is 5.11 Å². The third-order valence-electron chi connectivity index (χ3n) is 13.2. The molecule has 0 aromatic rings. The highest BCUT2D eigenvalue weighted by atomic mass is 16.3. The fourth-order valence-corrected chi connectivity index (χ4v) is 11.3. The largest absolute Gasteiger partial charge is 0.393 e. The SMILES string of the molecule is CC(C)C1=C2CC[C@]3(C)C(CCC4[C@@]5(C)CCC(O)C(C)(C)C5CC[C@]43C)[C@@]2(C)CC1. The summed E-state index contributed by atoms with van der Waals surface area (Å²) < 4.78 is 0. The molecule has 0 aromatic heterocycles. The Hall–Kier alpha value is -0.300. The molecule has 176 valence electrons. The number of rotatable bonds is 1. The lowest BCUT2D eigenvalue weighted by Crippen LogP contribution is -2.66. The maximum absolute atomic E-state index is 10.9. The zero-order valence-electron chi connectivity index (χ0n) is 21.9. The van der Waals surface area contributed by atoms with Crippen molar-refractivity contribution in [2.45, 2.75) is 126 Å². The van der Waals surface area contributed by atoms with E-state index in [-0.39, 0.29) is 11.5 Å². The van der Waals surface area contributed by atoms with Crippen LogP contribution in [0.2, 0.25) is 0 Å². The Morgan fingerprint density at radius 3 is 2.03 bits per heavy atom. The van der Waals surface area contributed by atoms with E-state index in [1.807, 2.05) is 11.1 Å². The van der Waals surface area contributed by atoms with Crippen LogP contribution < -0.4 is 0 Å². The molecule has 1 N–H and O–H groups in total. The van der Waals surface area contributed by atoms with Crippen LogP contribution >= 0.6 is 0 Å². The van der Waals surface area contributed by atoms with Crippen LogP contribution in [0, 0.1) is 50.7 Å². The first-order valence-corrected chi connectivity index (χ1v) is 13.7. The van der Waals surface area contributed by atoms with Gasteiger partial charge in [0.25, 0.3) is 0 Å². The van der Waals surface area contributed by atoms with E-state index in [1.165, 1.54) is 57.8 Å². The van der Waals surface area contributed by atoms with Gasteiger partial charge in [-0.05, 0) is 115 Å².